The van der Waals surface area contributed by atoms with Crippen molar-refractivity contribution in [1.29, 1.82) is 0 Å². The first-order valence-electron chi connectivity index (χ1n) is 7.42. The van der Waals surface area contributed by atoms with Crippen LogP contribution in [0.5, 0.6) is 11.5 Å². The zero-order valence-electron chi connectivity index (χ0n) is 13.7. The molecule has 0 aromatic heterocycles. The Morgan fingerprint density at radius 1 is 1.17 bits per heavy atom. The van der Waals surface area contributed by atoms with Gasteiger partial charge in [-0.1, -0.05) is 12.1 Å². The molecule has 5 nitrogen and oxygen atoms in total. The van der Waals surface area contributed by atoms with Crippen molar-refractivity contribution in [2.24, 2.45) is 0 Å². The van der Waals surface area contributed by atoms with Crippen LogP contribution in [-0.2, 0) is 4.74 Å². The first-order chi connectivity index (χ1) is 11.5. The molecule has 6 heteroatoms. The summed E-state index contributed by atoms with van der Waals surface area (Å²) in [5, 5.41) is 12.4. The van der Waals surface area contributed by atoms with E-state index >= 15 is 0 Å². The lowest BCUT2D eigenvalue weighted by atomic mass is 10.0. The molecular formula is C18H20FNO4. The zero-order chi connectivity index (χ0) is 17.7. The summed E-state index contributed by atoms with van der Waals surface area (Å²) < 4.78 is 23.9. The number of halogens is 1. The summed E-state index contributed by atoms with van der Waals surface area (Å²) in [5.41, 5.74) is 0.737. The molecule has 2 atom stereocenters. The number of phenols is 1. The maximum atomic E-state index is 13.3. The monoisotopic (exact) mass is 333 g/mol. The fraction of sp³-hybridized carbons (Fsp3) is 0.278. The van der Waals surface area contributed by atoms with Gasteiger partial charge in [0, 0.05) is 7.11 Å². The summed E-state index contributed by atoms with van der Waals surface area (Å²) in [6.07, 6.45) is -0.407. The van der Waals surface area contributed by atoms with E-state index < -0.39 is 23.9 Å². The number of aromatic hydroxyl groups is 1. The van der Waals surface area contributed by atoms with Crippen LogP contribution in [0.15, 0.2) is 42.5 Å². The third-order valence-electron chi connectivity index (χ3n) is 3.71. The molecule has 24 heavy (non-hydrogen) atoms. The normalized spacial score (nSPS) is 13.2. The second kappa shape index (κ2) is 7.79. The molecule has 0 bridgehead atoms. The van der Waals surface area contributed by atoms with Gasteiger partial charge in [-0.3, -0.25) is 4.79 Å². The maximum absolute atomic E-state index is 13.3. The van der Waals surface area contributed by atoms with Crippen LogP contribution in [0.1, 0.15) is 28.9 Å². The minimum atomic E-state index is -0.593. The first kappa shape index (κ1) is 17.7. The van der Waals surface area contributed by atoms with E-state index in [1.54, 1.807) is 26.2 Å². The number of ether oxygens (including phenoxy) is 2. The Hall–Kier alpha value is -2.60. The molecule has 0 unspecified atom stereocenters. The van der Waals surface area contributed by atoms with Gasteiger partial charge in [0.15, 0.2) is 0 Å². The molecular weight excluding hydrogens is 313 g/mol. The van der Waals surface area contributed by atoms with Crippen LogP contribution in [0, 0.1) is 5.82 Å². The molecule has 1 amide bonds. The molecule has 2 aromatic rings. The predicted molar refractivity (Wildman–Crippen MR) is 87.7 cm³/mol. The Kier molecular flexibility index (Phi) is 5.76. The van der Waals surface area contributed by atoms with Crippen LogP contribution < -0.4 is 10.1 Å². The standard InChI is InChI=1S/C18H20FNO4/c1-11(17(24-3)12-4-7-14(23-2)8-5-12)20-18(22)15-10-13(19)6-9-16(15)21/h4-11,17,21H,1-3H3,(H,20,22)/t11-,17+/m0/s1. The number of nitrogens with one attached hydrogen (secondary N) is 1. The van der Waals surface area contributed by atoms with Crippen molar-refractivity contribution < 1.29 is 23.8 Å². The summed E-state index contributed by atoms with van der Waals surface area (Å²) in [7, 11) is 3.12. The molecule has 2 N–H and O–H groups in total. The van der Waals surface area contributed by atoms with Crippen LogP contribution >= 0.6 is 0 Å². The van der Waals surface area contributed by atoms with Crippen LogP contribution in [0.4, 0.5) is 4.39 Å². The highest BCUT2D eigenvalue weighted by atomic mass is 19.1. The summed E-state index contributed by atoms with van der Waals surface area (Å²) in [6.45, 7) is 1.77. The van der Waals surface area contributed by atoms with Crippen molar-refractivity contribution in [1.82, 2.24) is 5.32 Å². The Balaban J connectivity index is 2.14. The predicted octanol–water partition coefficient (Wildman–Crippen LogP) is 3.05. The van der Waals surface area contributed by atoms with Crippen molar-refractivity contribution in [2.75, 3.05) is 14.2 Å². The Labute approximate surface area is 140 Å². The van der Waals surface area contributed by atoms with E-state index in [1.807, 2.05) is 12.1 Å². The van der Waals surface area contributed by atoms with Gasteiger partial charge in [0.1, 0.15) is 23.4 Å². The van der Waals surface area contributed by atoms with Gasteiger partial charge in [-0.2, -0.15) is 0 Å². The molecule has 0 saturated carbocycles. The summed E-state index contributed by atoms with van der Waals surface area (Å²) in [4.78, 5) is 12.3. The van der Waals surface area contributed by atoms with E-state index in [9.17, 15) is 14.3 Å². The van der Waals surface area contributed by atoms with Gasteiger partial charge < -0.3 is 19.9 Å². The number of phenolic OH excluding ortho intramolecular Hbond substituents is 1. The molecule has 0 fully saturated rings. The maximum Gasteiger partial charge on any atom is 0.255 e. The summed E-state index contributed by atoms with van der Waals surface area (Å²) in [6, 6.07) is 10.1. The SMILES string of the molecule is COc1ccc([C@H](OC)[C@H](C)NC(=O)c2cc(F)ccc2O)cc1. The molecule has 0 aliphatic carbocycles. The van der Waals surface area contributed by atoms with Crippen LogP contribution in [0.25, 0.3) is 0 Å². The minimum absolute atomic E-state index is 0.119. The summed E-state index contributed by atoms with van der Waals surface area (Å²) in [5.74, 6) is -0.728. The quantitative estimate of drug-likeness (QED) is 0.853. The Morgan fingerprint density at radius 3 is 2.42 bits per heavy atom. The number of methoxy groups -OCH3 is 2. The molecule has 0 saturated heterocycles. The second-order valence-corrected chi connectivity index (χ2v) is 5.35. The highest BCUT2D eigenvalue weighted by Gasteiger charge is 2.22. The smallest absolute Gasteiger partial charge is 0.255 e. The van der Waals surface area contributed by atoms with E-state index in [4.69, 9.17) is 9.47 Å². The molecule has 128 valence electrons. The van der Waals surface area contributed by atoms with E-state index in [2.05, 4.69) is 5.32 Å². The molecule has 0 radical (unpaired) electrons. The molecule has 2 rings (SSSR count). The minimum Gasteiger partial charge on any atom is -0.507 e. The van der Waals surface area contributed by atoms with Gasteiger partial charge in [-0.05, 0) is 42.8 Å². The van der Waals surface area contributed by atoms with Gasteiger partial charge in [-0.25, -0.2) is 4.39 Å². The van der Waals surface area contributed by atoms with Crippen LogP contribution in [0.3, 0.4) is 0 Å². The fourth-order valence-corrected chi connectivity index (χ4v) is 2.47. The van der Waals surface area contributed by atoms with Gasteiger partial charge in [0.05, 0.1) is 18.7 Å². The van der Waals surface area contributed by atoms with E-state index in [0.29, 0.717) is 0 Å². The number of rotatable bonds is 6. The second-order valence-electron chi connectivity index (χ2n) is 5.35. The highest BCUT2D eigenvalue weighted by Crippen LogP contribution is 2.24. The fourth-order valence-electron chi connectivity index (χ4n) is 2.47. The van der Waals surface area contributed by atoms with Gasteiger partial charge in [0.2, 0.25) is 0 Å². The lowest BCUT2D eigenvalue weighted by molar-refractivity contribution is 0.0643. The van der Waals surface area contributed by atoms with Crippen molar-refractivity contribution >= 4 is 5.91 Å². The van der Waals surface area contributed by atoms with Crippen LogP contribution in [-0.4, -0.2) is 31.3 Å². The highest BCUT2D eigenvalue weighted by molar-refractivity contribution is 5.97. The molecule has 2 aromatic carbocycles. The topological polar surface area (TPSA) is 67.8 Å². The molecule has 0 heterocycles. The van der Waals surface area contributed by atoms with Gasteiger partial charge >= 0.3 is 0 Å². The zero-order valence-corrected chi connectivity index (χ0v) is 13.7. The average molecular weight is 333 g/mol. The number of carbonyl (C=O) groups excluding carboxylic acids is 1. The number of benzene rings is 2. The Bertz CT molecular complexity index is 703. The van der Waals surface area contributed by atoms with Crippen molar-refractivity contribution in [3.8, 4) is 11.5 Å². The largest absolute Gasteiger partial charge is 0.507 e. The van der Waals surface area contributed by atoms with Gasteiger partial charge in [0.25, 0.3) is 5.91 Å². The number of amides is 1. The molecule has 0 aliphatic heterocycles. The van der Waals surface area contributed by atoms with Crippen molar-refractivity contribution in [2.45, 2.75) is 19.1 Å². The van der Waals surface area contributed by atoms with Crippen LogP contribution in [0.2, 0.25) is 0 Å². The van der Waals surface area contributed by atoms with Crippen molar-refractivity contribution in [3.05, 3.63) is 59.4 Å². The molecule has 0 aliphatic rings. The van der Waals surface area contributed by atoms with E-state index in [1.165, 1.54) is 7.11 Å². The average Bonchev–Trinajstić information content (AvgIpc) is 2.58. The van der Waals surface area contributed by atoms with E-state index in [-0.39, 0.29) is 11.3 Å². The third kappa shape index (κ3) is 4.02. The van der Waals surface area contributed by atoms with Gasteiger partial charge in [-0.15, -0.1) is 0 Å². The first-order valence-corrected chi connectivity index (χ1v) is 7.42. The number of carbonyl (C=O) groups is 1. The lowest BCUT2D eigenvalue weighted by Crippen LogP contribution is -2.37. The Morgan fingerprint density at radius 2 is 1.83 bits per heavy atom. The van der Waals surface area contributed by atoms with Crippen molar-refractivity contribution in [3.63, 3.8) is 0 Å². The number of hydrogen-bond acceptors (Lipinski definition) is 4. The third-order valence-corrected chi connectivity index (χ3v) is 3.71. The lowest BCUT2D eigenvalue weighted by Gasteiger charge is -2.24. The van der Waals surface area contributed by atoms with E-state index in [0.717, 1.165) is 29.5 Å². The summed E-state index contributed by atoms with van der Waals surface area (Å²) >= 11 is 0. The number of hydrogen-bond donors (Lipinski definition) is 2. The molecule has 0 spiro atoms.